The van der Waals surface area contributed by atoms with Crippen LogP contribution in [0.2, 0.25) is 0 Å². The SMILES string of the molecule is C=C(C)C1=C(C)C(C(C)(C)C)=C/C1=C(/F)C(F)(F)C(F)(F)F. The predicted octanol–water partition coefficient (Wildman–Crippen LogP) is 6.29. The lowest BCUT2D eigenvalue weighted by Crippen LogP contribution is -2.37. The summed E-state index contributed by atoms with van der Waals surface area (Å²) >= 11 is 0. The van der Waals surface area contributed by atoms with Crippen molar-refractivity contribution in [1.82, 2.24) is 0 Å². The van der Waals surface area contributed by atoms with Gasteiger partial charge in [-0.2, -0.15) is 22.0 Å². The highest BCUT2D eigenvalue weighted by atomic mass is 19.4. The van der Waals surface area contributed by atoms with Crippen molar-refractivity contribution in [2.75, 3.05) is 0 Å². The second-order valence-corrected chi connectivity index (χ2v) is 6.39. The van der Waals surface area contributed by atoms with Crippen molar-refractivity contribution in [2.45, 2.75) is 46.7 Å². The second kappa shape index (κ2) is 5.32. The molecule has 0 N–H and O–H groups in total. The normalized spacial score (nSPS) is 19.5. The van der Waals surface area contributed by atoms with E-state index in [0.717, 1.165) is 6.08 Å². The maximum Gasteiger partial charge on any atom is 0.460 e. The molecule has 0 amide bonds. The molecule has 0 spiro atoms. The first-order valence-electron chi connectivity index (χ1n) is 6.56. The van der Waals surface area contributed by atoms with Crippen molar-refractivity contribution in [2.24, 2.45) is 5.41 Å². The molecule has 0 aromatic heterocycles. The van der Waals surface area contributed by atoms with E-state index in [2.05, 4.69) is 6.58 Å². The molecule has 0 bridgehead atoms. The second-order valence-electron chi connectivity index (χ2n) is 6.39. The van der Waals surface area contributed by atoms with Crippen LogP contribution in [0.5, 0.6) is 0 Å². The molecule has 124 valence electrons. The van der Waals surface area contributed by atoms with Crippen LogP contribution in [0.3, 0.4) is 0 Å². The van der Waals surface area contributed by atoms with E-state index >= 15 is 0 Å². The van der Waals surface area contributed by atoms with Crippen LogP contribution in [0.15, 0.2) is 46.3 Å². The Morgan fingerprint density at radius 3 is 1.82 bits per heavy atom. The van der Waals surface area contributed by atoms with E-state index in [4.69, 9.17) is 0 Å². The molecule has 1 aliphatic carbocycles. The van der Waals surface area contributed by atoms with Gasteiger partial charge in [0.25, 0.3) is 0 Å². The standard InChI is InChI=1S/C16H18F6/c1-8(2)12-9(3)11(14(4,5)6)7-10(12)13(17)15(18,19)16(20,21)22/h7H,1H2,2-6H3/b13-10-. The summed E-state index contributed by atoms with van der Waals surface area (Å²) in [7, 11) is 0. The van der Waals surface area contributed by atoms with Gasteiger partial charge >= 0.3 is 12.1 Å². The third kappa shape index (κ3) is 3.01. The Hall–Kier alpha value is -1.46. The lowest BCUT2D eigenvalue weighted by Gasteiger charge is -2.21. The van der Waals surface area contributed by atoms with Crippen molar-refractivity contribution < 1.29 is 26.3 Å². The first-order valence-corrected chi connectivity index (χ1v) is 6.56. The Morgan fingerprint density at radius 2 is 1.50 bits per heavy atom. The monoisotopic (exact) mass is 324 g/mol. The summed E-state index contributed by atoms with van der Waals surface area (Å²) in [4.78, 5) is 0. The van der Waals surface area contributed by atoms with Gasteiger partial charge in [0.15, 0.2) is 5.83 Å². The molecule has 0 atom stereocenters. The average molecular weight is 324 g/mol. The van der Waals surface area contributed by atoms with Gasteiger partial charge in [-0.25, -0.2) is 4.39 Å². The Balaban J connectivity index is 3.68. The zero-order chi connectivity index (χ0) is 17.7. The fraction of sp³-hybridized carbons (Fsp3) is 0.500. The topological polar surface area (TPSA) is 0 Å². The van der Waals surface area contributed by atoms with Gasteiger partial charge in [-0.3, -0.25) is 0 Å². The zero-order valence-electron chi connectivity index (χ0n) is 13.1. The number of allylic oxidation sites excluding steroid dienone is 7. The highest BCUT2D eigenvalue weighted by Crippen LogP contribution is 2.49. The Kier molecular flexibility index (Phi) is 4.49. The molecular formula is C16H18F6. The van der Waals surface area contributed by atoms with Crippen LogP contribution in [0.1, 0.15) is 34.6 Å². The Morgan fingerprint density at radius 1 is 1.05 bits per heavy atom. The van der Waals surface area contributed by atoms with Gasteiger partial charge < -0.3 is 0 Å². The minimum atomic E-state index is -5.99. The van der Waals surface area contributed by atoms with E-state index < -0.39 is 28.9 Å². The van der Waals surface area contributed by atoms with Gasteiger partial charge in [0.1, 0.15) is 0 Å². The molecule has 22 heavy (non-hydrogen) atoms. The van der Waals surface area contributed by atoms with Crippen molar-refractivity contribution in [3.8, 4) is 0 Å². The molecule has 0 aliphatic heterocycles. The molecule has 0 aromatic rings. The Labute approximate surface area is 125 Å². The van der Waals surface area contributed by atoms with Crippen LogP contribution in [-0.2, 0) is 0 Å². The molecule has 1 aliphatic rings. The van der Waals surface area contributed by atoms with Crippen molar-refractivity contribution >= 4 is 0 Å². The van der Waals surface area contributed by atoms with E-state index in [-0.39, 0.29) is 11.1 Å². The summed E-state index contributed by atoms with van der Waals surface area (Å²) in [5.41, 5.74) is -0.0585. The molecule has 1 rings (SSSR count). The molecule has 0 fully saturated rings. The Bertz CT molecular complexity index is 591. The molecule has 0 nitrogen and oxygen atoms in total. The first kappa shape index (κ1) is 18.6. The van der Waals surface area contributed by atoms with Crippen LogP contribution in [-0.4, -0.2) is 12.1 Å². The van der Waals surface area contributed by atoms with E-state index in [1.807, 2.05) is 0 Å². The van der Waals surface area contributed by atoms with Crippen LogP contribution >= 0.6 is 0 Å². The fourth-order valence-electron chi connectivity index (χ4n) is 2.46. The third-order valence-corrected chi connectivity index (χ3v) is 3.44. The predicted molar refractivity (Wildman–Crippen MR) is 74.2 cm³/mol. The summed E-state index contributed by atoms with van der Waals surface area (Å²) in [6.07, 6.45) is -4.93. The van der Waals surface area contributed by atoms with Crippen LogP contribution in [0.4, 0.5) is 26.3 Å². The van der Waals surface area contributed by atoms with Gasteiger partial charge in [0.05, 0.1) is 0 Å². The largest absolute Gasteiger partial charge is 0.460 e. The molecule has 0 heterocycles. The van der Waals surface area contributed by atoms with Crippen LogP contribution < -0.4 is 0 Å². The van der Waals surface area contributed by atoms with Crippen LogP contribution in [0, 0.1) is 5.41 Å². The number of halogens is 6. The van der Waals surface area contributed by atoms with Crippen LogP contribution in [0.25, 0.3) is 0 Å². The van der Waals surface area contributed by atoms with E-state index in [0.29, 0.717) is 11.1 Å². The highest BCUT2D eigenvalue weighted by Gasteiger charge is 2.62. The van der Waals surface area contributed by atoms with E-state index in [1.54, 1.807) is 27.7 Å². The number of alkyl halides is 5. The number of hydrogen-bond acceptors (Lipinski definition) is 0. The van der Waals surface area contributed by atoms with Gasteiger partial charge in [-0.1, -0.05) is 32.9 Å². The highest BCUT2D eigenvalue weighted by molar-refractivity contribution is 5.66. The molecule has 0 saturated heterocycles. The van der Waals surface area contributed by atoms with Crippen molar-refractivity contribution in [3.63, 3.8) is 0 Å². The molecule has 6 heteroatoms. The van der Waals surface area contributed by atoms with E-state index in [9.17, 15) is 26.3 Å². The van der Waals surface area contributed by atoms with Gasteiger partial charge in [-0.15, -0.1) is 0 Å². The molecule has 0 aromatic carbocycles. The van der Waals surface area contributed by atoms with E-state index in [1.165, 1.54) is 6.92 Å². The third-order valence-electron chi connectivity index (χ3n) is 3.44. The maximum absolute atomic E-state index is 14.0. The molecule has 0 unspecified atom stereocenters. The lowest BCUT2D eigenvalue weighted by molar-refractivity contribution is -0.270. The minimum Gasteiger partial charge on any atom is -0.204 e. The maximum atomic E-state index is 14.0. The summed E-state index contributed by atoms with van der Waals surface area (Å²) < 4.78 is 77.9. The van der Waals surface area contributed by atoms with Crippen molar-refractivity contribution in [3.05, 3.63) is 46.3 Å². The van der Waals surface area contributed by atoms with Gasteiger partial charge in [0.2, 0.25) is 0 Å². The van der Waals surface area contributed by atoms with Crippen molar-refractivity contribution in [1.29, 1.82) is 0 Å². The number of hydrogen-bond donors (Lipinski definition) is 0. The molecule has 0 radical (unpaired) electrons. The summed E-state index contributed by atoms with van der Waals surface area (Å²) in [5.74, 6) is -8.02. The van der Waals surface area contributed by atoms with Gasteiger partial charge in [0, 0.05) is 5.57 Å². The average Bonchev–Trinajstić information content (AvgIpc) is 2.63. The summed E-state index contributed by atoms with van der Waals surface area (Å²) in [6.45, 7) is 11.9. The quantitative estimate of drug-likeness (QED) is 0.524. The summed E-state index contributed by atoms with van der Waals surface area (Å²) in [6, 6.07) is 0. The summed E-state index contributed by atoms with van der Waals surface area (Å²) in [5, 5.41) is 0. The lowest BCUT2D eigenvalue weighted by atomic mass is 9.83. The number of rotatable bonds is 2. The van der Waals surface area contributed by atoms with Gasteiger partial charge in [-0.05, 0) is 42.1 Å². The molecular weight excluding hydrogens is 306 g/mol. The first-order chi connectivity index (χ1) is 9.62. The smallest absolute Gasteiger partial charge is 0.204 e. The zero-order valence-corrected chi connectivity index (χ0v) is 13.1. The fourth-order valence-corrected chi connectivity index (χ4v) is 2.46. The minimum absolute atomic E-state index is 0.00588. The molecule has 0 saturated carbocycles.